The van der Waals surface area contributed by atoms with E-state index in [1.54, 1.807) is 63.2 Å². The van der Waals surface area contributed by atoms with E-state index in [1.165, 1.54) is 0 Å². The highest BCUT2D eigenvalue weighted by molar-refractivity contribution is 7.93. The standard InChI is InChI=1S/C23H31N7O4S/c1-14-12-25-21(26-13-14)15(2)16(3)35(31,32)29-23-28-27-22(17-8-7-11-24-17)30(23)20-18(33-4)9-6-10-19(20)34-5/h6,9-10,12-13,15-17,24H,7-8,11H2,1-5H3,(H,28,29)/t15-,16-,17?/m0/s1. The van der Waals surface area contributed by atoms with E-state index in [0.717, 1.165) is 24.9 Å². The number of sulfonamides is 1. The van der Waals surface area contributed by atoms with Gasteiger partial charge in [-0.3, -0.25) is 9.29 Å². The summed E-state index contributed by atoms with van der Waals surface area (Å²) >= 11 is 0. The maximum absolute atomic E-state index is 13.5. The van der Waals surface area contributed by atoms with Gasteiger partial charge in [-0.25, -0.2) is 18.4 Å². The summed E-state index contributed by atoms with van der Waals surface area (Å²) in [6, 6.07) is 5.27. The third-order valence-electron chi connectivity index (χ3n) is 6.32. The van der Waals surface area contributed by atoms with Crippen LogP contribution in [0.2, 0.25) is 0 Å². The fourth-order valence-corrected chi connectivity index (χ4v) is 5.33. The van der Waals surface area contributed by atoms with Crippen molar-refractivity contribution >= 4 is 16.0 Å². The van der Waals surface area contributed by atoms with Crippen molar-refractivity contribution in [2.45, 2.75) is 50.8 Å². The highest BCUT2D eigenvalue weighted by Crippen LogP contribution is 2.38. The number of nitrogens with zero attached hydrogens (tertiary/aromatic N) is 5. The Hall–Kier alpha value is -3.25. The Morgan fingerprint density at radius 1 is 1.11 bits per heavy atom. The van der Waals surface area contributed by atoms with Crippen LogP contribution in [-0.4, -0.2) is 59.2 Å². The van der Waals surface area contributed by atoms with E-state index < -0.39 is 21.2 Å². The van der Waals surface area contributed by atoms with Crippen molar-refractivity contribution in [3.63, 3.8) is 0 Å². The van der Waals surface area contributed by atoms with Crippen LogP contribution in [0.4, 0.5) is 5.95 Å². The summed E-state index contributed by atoms with van der Waals surface area (Å²) in [6.07, 6.45) is 5.18. The van der Waals surface area contributed by atoms with Crippen LogP contribution in [0, 0.1) is 6.92 Å². The molecule has 188 valence electrons. The lowest BCUT2D eigenvalue weighted by Crippen LogP contribution is -2.31. The Bertz CT molecular complexity index is 1250. The van der Waals surface area contributed by atoms with Gasteiger partial charge in [-0.2, -0.15) is 0 Å². The van der Waals surface area contributed by atoms with Crippen molar-refractivity contribution in [1.29, 1.82) is 0 Å². The van der Waals surface area contributed by atoms with E-state index >= 15 is 0 Å². The van der Waals surface area contributed by atoms with Crippen LogP contribution in [0.3, 0.4) is 0 Å². The minimum absolute atomic E-state index is 0.0559. The summed E-state index contributed by atoms with van der Waals surface area (Å²) in [6.45, 7) is 6.13. The number of aromatic nitrogens is 5. The van der Waals surface area contributed by atoms with Crippen LogP contribution in [0.1, 0.15) is 55.9 Å². The summed E-state index contributed by atoms with van der Waals surface area (Å²) in [5, 5.41) is 11.2. The molecule has 4 rings (SSSR count). The molecule has 1 aromatic carbocycles. The number of rotatable bonds is 9. The van der Waals surface area contributed by atoms with E-state index in [2.05, 4.69) is 30.2 Å². The Kier molecular flexibility index (Phi) is 7.22. The zero-order chi connectivity index (χ0) is 25.2. The molecule has 3 aromatic rings. The van der Waals surface area contributed by atoms with Gasteiger partial charge < -0.3 is 14.8 Å². The van der Waals surface area contributed by atoms with Gasteiger partial charge in [0.25, 0.3) is 0 Å². The van der Waals surface area contributed by atoms with E-state index in [0.29, 0.717) is 28.8 Å². The molecule has 3 atom stereocenters. The van der Waals surface area contributed by atoms with Gasteiger partial charge in [0.15, 0.2) is 5.82 Å². The first-order chi connectivity index (χ1) is 16.8. The Morgan fingerprint density at radius 3 is 2.34 bits per heavy atom. The van der Waals surface area contributed by atoms with Gasteiger partial charge in [-0.15, -0.1) is 10.2 Å². The molecule has 0 spiro atoms. The normalized spacial score (nSPS) is 17.7. The number of methoxy groups -OCH3 is 2. The smallest absolute Gasteiger partial charge is 0.243 e. The second-order valence-corrected chi connectivity index (χ2v) is 10.7. The maximum atomic E-state index is 13.5. The van der Waals surface area contributed by atoms with E-state index in [1.807, 2.05) is 6.92 Å². The molecule has 1 fully saturated rings. The molecule has 2 N–H and O–H groups in total. The lowest BCUT2D eigenvalue weighted by molar-refractivity contribution is 0.390. The molecule has 0 bridgehead atoms. The van der Waals surface area contributed by atoms with Crippen LogP contribution >= 0.6 is 0 Å². The Morgan fingerprint density at radius 2 is 1.77 bits per heavy atom. The third-order valence-corrected chi connectivity index (χ3v) is 8.18. The van der Waals surface area contributed by atoms with Crippen molar-refractivity contribution in [2.24, 2.45) is 0 Å². The first-order valence-electron chi connectivity index (χ1n) is 11.5. The van der Waals surface area contributed by atoms with Gasteiger partial charge in [-0.05, 0) is 50.9 Å². The highest BCUT2D eigenvalue weighted by atomic mass is 32.2. The molecule has 12 heteroatoms. The number of aryl methyl sites for hydroxylation is 1. The first kappa shape index (κ1) is 24.9. The van der Waals surface area contributed by atoms with Gasteiger partial charge in [-0.1, -0.05) is 13.0 Å². The van der Waals surface area contributed by atoms with Gasteiger partial charge in [0, 0.05) is 18.3 Å². The number of para-hydroxylation sites is 1. The SMILES string of the molecule is COc1cccc(OC)c1-n1c(NS(=O)(=O)[C@@H](C)[C@H](C)c2ncc(C)cn2)nnc1C1CCCN1. The second kappa shape index (κ2) is 10.2. The van der Waals surface area contributed by atoms with Crippen molar-refractivity contribution in [2.75, 3.05) is 25.5 Å². The minimum atomic E-state index is -3.91. The molecule has 3 heterocycles. The molecule has 1 aliphatic rings. The molecule has 0 saturated carbocycles. The molecule has 35 heavy (non-hydrogen) atoms. The predicted octanol–water partition coefficient (Wildman–Crippen LogP) is 2.74. The van der Waals surface area contributed by atoms with E-state index in [9.17, 15) is 8.42 Å². The summed E-state index contributed by atoms with van der Waals surface area (Å²) in [7, 11) is -0.812. The summed E-state index contributed by atoms with van der Waals surface area (Å²) in [5.41, 5.74) is 1.42. The quantitative estimate of drug-likeness (QED) is 0.454. The number of hydrogen-bond donors (Lipinski definition) is 2. The molecular formula is C23H31N7O4S. The highest BCUT2D eigenvalue weighted by Gasteiger charge is 2.33. The van der Waals surface area contributed by atoms with Crippen LogP contribution in [0.15, 0.2) is 30.6 Å². The molecule has 0 radical (unpaired) electrons. The second-order valence-electron chi connectivity index (χ2n) is 8.64. The molecule has 1 saturated heterocycles. The largest absolute Gasteiger partial charge is 0.494 e. The lowest BCUT2D eigenvalue weighted by atomic mass is 10.1. The summed E-state index contributed by atoms with van der Waals surface area (Å²) in [4.78, 5) is 8.62. The number of anilines is 1. The number of ether oxygens (including phenoxy) is 2. The summed E-state index contributed by atoms with van der Waals surface area (Å²) < 4.78 is 42.5. The topological polar surface area (TPSA) is 133 Å². The van der Waals surface area contributed by atoms with Crippen LogP contribution in [0.25, 0.3) is 5.69 Å². The third kappa shape index (κ3) is 4.94. The van der Waals surface area contributed by atoms with Crippen LogP contribution in [0.5, 0.6) is 11.5 Å². The maximum Gasteiger partial charge on any atom is 0.243 e. The van der Waals surface area contributed by atoms with Gasteiger partial charge in [0.05, 0.1) is 25.5 Å². The molecule has 11 nitrogen and oxygen atoms in total. The van der Waals surface area contributed by atoms with Crippen molar-refractivity contribution in [1.82, 2.24) is 30.0 Å². The van der Waals surface area contributed by atoms with Crippen molar-refractivity contribution in [3.8, 4) is 17.2 Å². The monoisotopic (exact) mass is 501 g/mol. The number of benzene rings is 1. The molecular weight excluding hydrogens is 470 g/mol. The molecule has 1 aliphatic heterocycles. The average molecular weight is 502 g/mol. The fraction of sp³-hybridized carbons (Fsp3) is 0.478. The van der Waals surface area contributed by atoms with E-state index in [-0.39, 0.29) is 12.0 Å². The van der Waals surface area contributed by atoms with Crippen molar-refractivity contribution < 1.29 is 17.9 Å². The van der Waals surface area contributed by atoms with Crippen molar-refractivity contribution in [3.05, 3.63) is 47.8 Å². The van der Waals surface area contributed by atoms with Gasteiger partial charge >= 0.3 is 0 Å². The van der Waals surface area contributed by atoms with Gasteiger partial charge in [0.2, 0.25) is 16.0 Å². The molecule has 0 aliphatic carbocycles. The predicted molar refractivity (Wildman–Crippen MR) is 132 cm³/mol. The van der Waals surface area contributed by atoms with Crippen LogP contribution < -0.4 is 19.5 Å². The minimum Gasteiger partial charge on any atom is -0.494 e. The average Bonchev–Trinajstić information content (AvgIpc) is 3.52. The zero-order valence-corrected chi connectivity index (χ0v) is 21.3. The van der Waals surface area contributed by atoms with Crippen LogP contribution in [-0.2, 0) is 10.0 Å². The fourth-order valence-electron chi connectivity index (χ4n) is 4.10. The number of nitrogens with one attached hydrogen (secondary N) is 2. The van der Waals surface area contributed by atoms with E-state index in [4.69, 9.17) is 9.47 Å². The number of hydrogen-bond acceptors (Lipinski definition) is 9. The Balaban J connectivity index is 1.76. The first-order valence-corrected chi connectivity index (χ1v) is 13.0. The molecule has 2 aromatic heterocycles. The molecule has 0 amide bonds. The Labute approximate surface area is 205 Å². The van der Waals surface area contributed by atoms with Gasteiger partial charge in [0.1, 0.15) is 23.0 Å². The molecule has 1 unspecified atom stereocenters. The lowest BCUT2D eigenvalue weighted by Gasteiger charge is -2.22. The summed E-state index contributed by atoms with van der Waals surface area (Å²) in [5.74, 6) is 1.63. The zero-order valence-electron chi connectivity index (χ0n) is 20.5.